The molecule has 0 bridgehead atoms. The van der Waals surface area contributed by atoms with Gasteiger partial charge in [-0.05, 0) is 31.6 Å². The van der Waals surface area contributed by atoms with E-state index in [1.165, 1.54) is 4.90 Å². The van der Waals surface area contributed by atoms with Crippen molar-refractivity contribution >= 4 is 24.1 Å². The number of ether oxygens (including phenoxy) is 1. The van der Waals surface area contributed by atoms with E-state index in [0.717, 1.165) is 0 Å². The summed E-state index contributed by atoms with van der Waals surface area (Å²) in [6.07, 6.45) is 2.91. The first kappa shape index (κ1) is 16.4. The van der Waals surface area contributed by atoms with Crippen molar-refractivity contribution in [1.82, 2.24) is 4.90 Å². The van der Waals surface area contributed by atoms with Gasteiger partial charge in [-0.15, -0.1) is 0 Å². The number of carboxylic acids is 2. The van der Waals surface area contributed by atoms with Crippen LogP contribution in [0, 0.1) is 5.92 Å². The highest BCUT2D eigenvalue weighted by Gasteiger charge is 2.54. The maximum absolute atomic E-state index is 12.3. The van der Waals surface area contributed by atoms with Gasteiger partial charge in [0.15, 0.2) is 0 Å². The van der Waals surface area contributed by atoms with E-state index in [0.29, 0.717) is 51.7 Å². The molecule has 0 radical (unpaired) electrons. The zero-order chi connectivity index (χ0) is 16.2. The van der Waals surface area contributed by atoms with Gasteiger partial charge in [-0.1, -0.05) is 0 Å². The first-order chi connectivity index (χ1) is 10.5. The van der Waals surface area contributed by atoms with Gasteiger partial charge in [0.2, 0.25) is 5.91 Å². The van der Waals surface area contributed by atoms with Crippen molar-refractivity contribution in [2.45, 2.75) is 31.2 Å². The van der Waals surface area contributed by atoms with Crippen molar-refractivity contribution in [3.63, 3.8) is 0 Å². The molecule has 2 heterocycles. The number of nitrogens with zero attached hydrogens (tertiary/aromatic N) is 2. The molecular weight excluding hydrogens is 292 g/mol. The molecule has 2 saturated heterocycles. The van der Waals surface area contributed by atoms with E-state index in [2.05, 4.69) is 4.99 Å². The molecule has 0 aromatic heterocycles. The van der Waals surface area contributed by atoms with Crippen LogP contribution in [0.15, 0.2) is 4.99 Å². The van der Waals surface area contributed by atoms with Gasteiger partial charge >= 0.3 is 11.9 Å². The number of carbonyl (C=O) groups is 3. The van der Waals surface area contributed by atoms with Gasteiger partial charge in [-0.2, -0.15) is 0 Å². The SMILES string of the molecule is O=C(O)C=NCC(=O)N1CCC[C@]1(C(=O)O)C1CCOCC1. The minimum absolute atomic E-state index is 0.145. The van der Waals surface area contributed by atoms with Gasteiger partial charge in [0.25, 0.3) is 0 Å². The summed E-state index contributed by atoms with van der Waals surface area (Å²) in [6, 6.07) is 0. The van der Waals surface area contributed by atoms with Crippen LogP contribution in [0.1, 0.15) is 25.7 Å². The monoisotopic (exact) mass is 312 g/mol. The second kappa shape index (κ2) is 6.87. The Hall–Kier alpha value is -1.96. The van der Waals surface area contributed by atoms with Gasteiger partial charge < -0.3 is 19.8 Å². The van der Waals surface area contributed by atoms with E-state index >= 15 is 0 Å². The van der Waals surface area contributed by atoms with Crippen molar-refractivity contribution in [2.75, 3.05) is 26.3 Å². The zero-order valence-electron chi connectivity index (χ0n) is 12.2. The fourth-order valence-electron chi connectivity index (χ4n) is 3.47. The van der Waals surface area contributed by atoms with Crippen molar-refractivity contribution < 1.29 is 29.3 Å². The van der Waals surface area contributed by atoms with E-state index < -0.39 is 23.4 Å². The number of aliphatic imine (C=N–C) groups is 1. The molecule has 2 fully saturated rings. The maximum atomic E-state index is 12.3. The summed E-state index contributed by atoms with van der Waals surface area (Å²) in [6.45, 7) is 1.02. The Kier molecular flexibility index (Phi) is 5.12. The summed E-state index contributed by atoms with van der Waals surface area (Å²) >= 11 is 0. The molecule has 0 aromatic carbocycles. The van der Waals surface area contributed by atoms with Gasteiger partial charge in [0.1, 0.15) is 18.3 Å². The summed E-state index contributed by atoms with van der Waals surface area (Å²) in [5.41, 5.74) is -1.21. The number of carboxylic acid groups (broad SMARTS) is 2. The lowest BCUT2D eigenvalue weighted by Crippen LogP contribution is -2.59. The fourth-order valence-corrected chi connectivity index (χ4v) is 3.47. The Balaban J connectivity index is 2.18. The Bertz CT molecular complexity index is 486. The van der Waals surface area contributed by atoms with E-state index in [1.54, 1.807) is 0 Å². The normalized spacial score (nSPS) is 26.5. The van der Waals surface area contributed by atoms with Gasteiger partial charge in [-0.3, -0.25) is 9.79 Å². The average molecular weight is 312 g/mol. The van der Waals surface area contributed by atoms with Crippen LogP contribution in [0.3, 0.4) is 0 Å². The Labute approximate surface area is 127 Å². The molecule has 8 heteroatoms. The molecule has 0 aliphatic carbocycles. The third-order valence-corrected chi connectivity index (χ3v) is 4.42. The van der Waals surface area contributed by atoms with Crippen molar-refractivity contribution in [3.05, 3.63) is 0 Å². The number of amides is 1. The first-order valence-corrected chi connectivity index (χ1v) is 7.33. The van der Waals surface area contributed by atoms with Crippen molar-refractivity contribution in [2.24, 2.45) is 10.9 Å². The summed E-state index contributed by atoms with van der Waals surface area (Å²) in [5, 5.41) is 18.3. The van der Waals surface area contributed by atoms with Crippen LogP contribution in [0.5, 0.6) is 0 Å². The summed E-state index contributed by atoms with van der Waals surface area (Å²) in [4.78, 5) is 39.6. The molecule has 8 nitrogen and oxygen atoms in total. The van der Waals surface area contributed by atoms with Crippen LogP contribution in [-0.4, -0.2) is 71.0 Å². The first-order valence-electron chi connectivity index (χ1n) is 7.33. The Morgan fingerprint density at radius 3 is 2.55 bits per heavy atom. The van der Waals surface area contributed by atoms with Crippen LogP contribution < -0.4 is 0 Å². The maximum Gasteiger partial charge on any atom is 0.346 e. The predicted molar refractivity (Wildman–Crippen MR) is 75.9 cm³/mol. The topological polar surface area (TPSA) is 116 Å². The average Bonchev–Trinajstić information content (AvgIpc) is 2.93. The third-order valence-electron chi connectivity index (χ3n) is 4.42. The molecule has 0 aromatic rings. The van der Waals surface area contributed by atoms with Crippen LogP contribution in [0.4, 0.5) is 0 Å². The van der Waals surface area contributed by atoms with Crippen molar-refractivity contribution in [3.8, 4) is 0 Å². The van der Waals surface area contributed by atoms with Crippen LogP contribution in [0.2, 0.25) is 0 Å². The summed E-state index contributed by atoms with van der Waals surface area (Å²) in [7, 11) is 0. The van der Waals surface area contributed by atoms with Gasteiger partial charge in [0, 0.05) is 19.8 Å². The lowest BCUT2D eigenvalue weighted by Gasteiger charge is -2.42. The lowest BCUT2D eigenvalue weighted by atomic mass is 9.77. The van der Waals surface area contributed by atoms with E-state index in [9.17, 15) is 19.5 Å². The fraction of sp³-hybridized carbons (Fsp3) is 0.714. The molecule has 122 valence electrons. The van der Waals surface area contributed by atoms with E-state index in [-0.39, 0.29) is 12.5 Å². The van der Waals surface area contributed by atoms with Gasteiger partial charge in [0.05, 0.1) is 0 Å². The molecule has 2 aliphatic rings. The quantitative estimate of drug-likeness (QED) is 0.691. The molecule has 0 saturated carbocycles. The highest BCUT2D eigenvalue weighted by atomic mass is 16.5. The van der Waals surface area contributed by atoms with Crippen LogP contribution >= 0.6 is 0 Å². The number of hydrogen-bond donors (Lipinski definition) is 2. The minimum atomic E-state index is -1.23. The van der Waals surface area contributed by atoms with E-state index in [1.807, 2.05) is 0 Å². The molecule has 2 aliphatic heterocycles. The molecule has 1 atom stereocenters. The number of rotatable bonds is 5. The summed E-state index contributed by atoms with van der Waals surface area (Å²) < 4.78 is 5.29. The molecule has 2 rings (SSSR count). The standard InChI is InChI=1S/C14H20N2O6/c17-11(8-15-9-12(18)19)16-5-1-4-14(16,13(20)21)10-2-6-22-7-3-10/h9-10H,1-8H2,(H,18,19)(H,20,21)/t14-/m1/s1. The van der Waals surface area contributed by atoms with Crippen molar-refractivity contribution in [1.29, 1.82) is 0 Å². The second-order valence-corrected chi connectivity index (χ2v) is 5.57. The number of hydrogen-bond acceptors (Lipinski definition) is 5. The van der Waals surface area contributed by atoms with Crippen LogP contribution in [0.25, 0.3) is 0 Å². The highest BCUT2D eigenvalue weighted by molar-refractivity contribution is 6.22. The number of carbonyl (C=O) groups excluding carboxylic acids is 1. The largest absolute Gasteiger partial charge is 0.479 e. The number of aliphatic carboxylic acids is 2. The smallest absolute Gasteiger partial charge is 0.346 e. The predicted octanol–water partition coefficient (Wildman–Crippen LogP) is 0.0142. The third kappa shape index (κ3) is 3.11. The highest BCUT2D eigenvalue weighted by Crippen LogP contribution is 2.41. The molecule has 2 N–H and O–H groups in total. The van der Waals surface area contributed by atoms with Gasteiger partial charge in [-0.25, -0.2) is 9.59 Å². The van der Waals surface area contributed by atoms with Crippen LogP contribution in [-0.2, 0) is 19.1 Å². The second-order valence-electron chi connectivity index (χ2n) is 5.57. The Morgan fingerprint density at radius 1 is 1.27 bits per heavy atom. The summed E-state index contributed by atoms with van der Waals surface area (Å²) in [5.74, 6) is -2.81. The lowest BCUT2D eigenvalue weighted by molar-refractivity contribution is -0.162. The van der Waals surface area contributed by atoms with E-state index in [4.69, 9.17) is 9.84 Å². The number of likely N-dealkylation sites (tertiary alicyclic amines) is 1. The Morgan fingerprint density at radius 2 is 1.95 bits per heavy atom. The molecule has 1 amide bonds. The molecule has 0 unspecified atom stereocenters. The molecular formula is C14H20N2O6. The molecule has 0 spiro atoms. The molecule has 22 heavy (non-hydrogen) atoms. The zero-order valence-corrected chi connectivity index (χ0v) is 12.2. The minimum Gasteiger partial charge on any atom is -0.479 e.